The number of anilines is 2. The molecule has 2 aromatic heterocycles. The van der Waals surface area contributed by atoms with Crippen molar-refractivity contribution in [3.8, 4) is 0 Å². The van der Waals surface area contributed by atoms with Crippen LogP contribution in [0.4, 0.5) is 12.0 Å². The number of nitrogens with one attached hydrogen (secondary N) is 2. The van der Waals surface area contributed by atoms with Gasteiger partial charge in [0.2, 0.25) is 0 Å². The molecule has 0 aliphatic heterocycles. The normalized spacial score (nSPS) is 11.2. The highest BCUT2D eigenvalue weighted by molar-refractivity contribution is 5.74. The SMILES string of the molecule is c1ccc2oc(NCCCCNc3nc4ccccc4o3)nc2c1. The molecule has 0 bridgehead atoms. The fourth-order valence-corrected chi connectivity index (χ4v) is 2.54. The fourth-order valence-electron chi connectivity index (χ4n) is 2.54. The minimum atomic E-state index is 0.572. The predicted molar refractivity (Wildman–Crippen MR) is 94.2 cm³/mol. The minimum absolute atomic E-state index is 0.572. The van der Waals surface area contributed by atoms with E-state index in [1.54, 1.807) is 0 Å². The van der Waals surface area contributed by atoms with Gasteiger partial charge in [0.05, 0.1) is 0 Å². The lowest BCUT2D eigenvalue weighted by atomic mass is 10.3. The molecule has 0 atom stereocenters. The van der Waals surface area contributed by atoms with Crippen LogP contribution in [0.25, 0.3) is 22.2 Å². The van der Waals surface area contributed by atoms with E-state index in [0.29, 0.717) is 12.0 Å². The quantitative estimate of drug-likeness (QED) is 0.495. The summed E-state index contributed by atoms with van der Waals surface area (Å²) in [5.41, 5.74) is 3.35. The molecule has 0 unspecified atom stereocenters. The van der Waals surface area contributed by atoms with E-state index < -0.39 is 0 Å². The van der Waals surface area contributed by atoms with Gasteiger partial charge in [-0.1, -0.05) is 24.3 Å². The number of unbranched alkanes of at least 4 members (excludes halogenated alkanes) is 1. The third kappa shape index (κ3) is 3.17. The summed E-state index contributed by atoms with van der Waals surface area (Å²) in [4.78, 5) is 8.77. The number of para-hydroxylation sites is 4. The van der Waals surface area contributed by atoms with Crippen molar-refractivity contribution in [1.82, 2.24) is 9.97 Å². The van der Waals surface area contributed by atoms with E-state index in [0.717, 1.165) is 48.1 Å². The van der Waals surface area contributed by atoms with Crippen LogP contribution in [0.3, 0.4) is 0 Å². The third-order valence-electron chi connectivity index (χ3n) is 3.74. The first-order chi connectivity index (χ1) is 11.9. The van der Waals surface area contributed by atoms with Gasteiger partial charge in [-0.05, 0) is 37.1 Å². The van der Waals surface area contributed by atoms with Crippen LogP contribution in [0.2, 0.25) is 0 Å². The molecule has 0 saturated carbocycles. The monoisotopic (exact) mass is 322 g/mol. The maximum Gasteiger partial charge on any atom is 0.295 e. The largest absolute Gasteiger partial charge is 0.424 e. The van der Waals surface area contributed by atoms with Gasteiger partial charge in [0.25, 0.3) is 12.0 Å². The first kappa shape index (κ1) is 14.6. The van der Waals surface area contributed by atoms with Crippen molar-refractivity contribution in [3.63, 3.8) is 0 Å². The molecular weight excluding hydrogens is 304 g/mol. The molecule has 0 spiro atoms. The smallest absolute Gasteiger partial charge is 0.295 e. The van der Waals surface area contributed by atoms with Crippen molar-refractivity contribution < 1.29 is 8.83 Å². The molecule has 0 saturated heterocycles. The molecule has 4 rings (SSSR count). The zero-order valence-electron chi connectivity index (χ0n) is 13.2. The average Bonchev–Trinajstić information content (AvgIpc) is 3.20. The second-order valence-electron chi connectivity index (χ2n) is 5.53. The Bertz CT molecular complexity index is 800. The van der Waals surface area contributed by atoms with E-state index in [4.69, 9.17) is 8.83 Å². The molecule has 2 heterocycles. The first-order valence-electron chi connectivity index (χ1n) is 8.07. The van der Waals surface area contributed by atoms with Crippen LogP contribution in [-0.4, -0.2) is 23.1 Å². The van der Waals surface area contributed by atoms with Crippen molar-refractivity contribution in [2.24, 2.45) is 0 Å². The maximum atomic E-state index is 5.61. The highest BCUT2D eigenvalue weighted by atomic mass is 16.4. The average molecular weight is 322 g/mol. The number of hydrogen-bond donors (Lipinski definition) is 2. The van der Waals surface area contributed by atoms with Crippen LogP contribution < -0.4 is 10.6 Å². The number of oxazole rings is 2. The summed E-state index contributed by atoms with van der Waals surface area (Å²) in [6.45, 7) is 1.62. The Kier molecular flexibility index (Phi) is 4.02. The molecule has 0 fully saturated rings. The Labute approximate surface area is 138 Å². The summed E-state index contributed by atoms with van der Waals surface area (Å²) in [5, 5.41) is 6.42. The summed E-state index contributed by atoms with van der Waals surface area (Å²) in [7, 11) is 0. The topological polar surface area (TPSA) is 76.1 Å². The predicted octanol–water partition coefficient (Wildman–Crippen LogP) is 4.27. The van der Waals surface area contributed by atoms with Crippen LogP contribution in [-0.2, 0) is 0 Å². The zero-order chi connectivity index (χ0) is 16.2. The number of rotatable bonds is 7. The molecule has 4 aromatic rings. The Morgan fingerprint density at radius 3 is 1.58 bits per heavy atom. The Morgan fingerprint density at radius 1 is 0.667 bits per heavy atom. The summed E-state index contributed by atoms with van der Waals surface area (Å²) in [6.07, 6.45) is 1.98. The highest BCUT2D eigenvalue weighted by Crippen LogP contribution is 2.19. The molecule has 2 N–H and O–H groups in total. The lowest BCUT2D eigenvalue weighted by molar-refractivity contribution is 0.604. The highest BCUT2D eigenvalue weighted by Gasteiger charge is 2.05. The Morgan fingerprint density at radius 2 is 1.12 bits per heavy atom. The van der Waals surface area contributed by atoms with Crippen LogP contribution in [0.5, 0.6) is 0 Å². The molecule has 122 valence electrons. The van der Waals surface area contributed by atoms with E-state index in [9.17, 15) is 0 Å². The van der Waals surface area contributed by atoms with Gasteiger partial charge in [0.15, 0.2) is 11.2 Å². The summed E-state index contributed by atoms with van der Waals surface area (Å²) in [5.74, 6) is 0. The van der Waals surface area contributed by atoms with Gasteiger partial charge in [-0.25, -0.2) is 0 Å². The Balaban J connectivity index is 1.20. The molecule has 6 nitrogen and oxygen atoms in total. The van der Waals surface area contributed by atoms with Crippen molar-refractivity contribution in [1.29, 1.82) is 0 Å². The molecule has 0 aliphatic carbocycles. The lowest BCUT2D eigenvalue weighted by Gasteiger charge is -2.02. The molecule has 6 heteroatoms. The van der Waals surface area contributed by atoms with Crippen molar-refractivity contribution in [3.05, 3.63) is 48.5 Å². The number of aromatic nitrogens is 2. The summed E-state index contributed by atoms with van der Waals surface area (Å²) < 4.78 is 11.2. The lowest BCUT2D eigenvalue weighted by Crippen LogP contribution is -2.06. The first-order valence-corrected chi connectivity index (χ1v) is 8.07. The molecule has 0 amide bonds. The number of fused-ring (bicyclic) bond motifs is 2. The van der Waals surface area contributed by atoms with Crippen molar-refractivity contribution in [2.75, 3.05) is 23.7 Å². The van der Waals surface area contributed by atoms with E-state index in [1.165, 1.54) is 0 Å². The van der Waals surface area contributed by atoms with Gasteiger partial charge in [-0.15, -0.1) is 0 Å². The zero-order valence-corrected chi connectivity index (χ0v) is 13.2. The molecule has 24 heavy (non-hydrogen) atoms. The van der Waals surface area contributed by atoms with Gasteiger partial charge >= 0.3 is 0 Å². The van der Waals surface area contributed by atoms with E-state index in [1.807, 2.05) is 48.5 Å². The summed E-state index contributed by atoms with van der Waals surface area (Å²) >= 11 is 0. The minimum Gasteiger partial charge on any atom is -0.424 e. The number of nitrogens with zero attached hydrogens (tertiary/aromatic N) is 2. The van der Waals surface area contributed by atoms with Crippen LogP contribution >= 0.6 is 0 Å². The van der Waals surface area contributed by atoms with Gasteiger partial charge in [0.1, 0.15) is 11.0 Å². The van der Waals surface area contributed by atoms with Gasteiger partial charge in [-0.3, -0.25) is 0 Å². The fraction of sp³-hybridized carbons (Fsp3) is 0.222. The van der Waals surface area contributed by atoms with E-state index >= 15 is 0 Å². The number of benzene rings is 2. The van der Waals surface area contributed by atoms with Crippen molar-refractivity contribution >= 4 is 34.2 Å². The molecule has 0 radical (unpaired) electrons. The second kappa shape index (κ2) is 6.62. The van der Waals surface area contributed by atoms with E-state index in [2.05, 4.69) is 20.6 Å². The summed E-state index contributed by atoms with van der Waals surface area (Å²) in [6, 6.07) is 16.6. The van der Waals surface area contributed by atoms with Crippen LogP contribution in [0.15, 0.2) is 57.4 Å². The third-order valence-corrected chi connectivity index (χ3v) is 3.74. The molecule has 0 aliphatic rings. The van der Waals surface area contributed by atoms with Crippen molar-refractivity contribution in [2.45, 2.75) is 12.8 Å². The van der Waals surface area contributed by atoms with Crippen LogP contribution in [0.1, 0.15) is 12.8 Å². The van der Waals surface area contributed by atoms with Gasteiger partial charge in [-0.2, -0.15) is 9.97 Å². The Hall–Kier alpha value is -3.02. The molecule has 2 aromatic carbocycles. The van der Waals surface area contributed by atoms with Gasteiger partial charge in [0, 0.05) is 13.1 Å². The van der Waals surface area contributed by atoms with E-state index in [-0.39, 0.29) is 0 Å². The maximum absolute atomic E-state index is 5.61. The molecular formula is C18H18N4O2. The standard InChI is InChI=1S/C18H18N4O2/c1-3-9-15-13(7-1)21-17(23-15)19-11-5-6-12-20-18-22-14-8-2-4-10-16(14)24-18/h1-4,7-10H,5-6,11-12H2,(H,19,21)(H,20,22). The second-order valence-corrected chi connectivity index (χ2v) is 5.53. The van der Waals surface area contributed by atoms with Gasteiger partial charge < -0.3 is 19.5 Å². The van der Waals surface area contributed by atoms with Crippen LogP contribution in [0, 0.1) is 0 Å². The number of hydrogen-bond acceptors (Lipinski definition) is 6.